The van der Waals surface area contributed by atoms with Crippen LogP contribution in [0.3, 0.4) is 0 Å². The highest BCUT2D eigenvalue weighted by Gasteiger charge is 2.25. The maximum absolute atomic E-state index is 9.41. The normalized spacial score (nSPS) is 27.5. The van der Waals surface area contributed by atoms with E-state index in [1.54, 1.807) is 13.2 Å². The Kier molecular flexibility index (Phi) is 2.81. The van der Waals surface area contributed by atoms with Gasteiger partial charge in [-0.05, 0) is 30.4 Å². The van der Waals surface area contributed by atoms with Crippen LogP contribution in [0.25, 0.3) is 0 Å². The van der Waals surface area contributed by atoms with E-state index in [0.29, 0.717) is 5.76 Å². The van der Waals surface area contributed by atoms with Crippen LogP contribution in [-0.2, 0) is 4.74 Å². The van der Waals surface area contributed by atoms with Gasteiger partial charge in [-0.3, -0.25) is 0 Å². The van der Waals surface area contributed by atoms with Gasteiger partial charge in [0.25, 0.3) is 0 Å². The molecule has 0 bridgehead atoms. The van der Waals surface area contributed by atoms with Crippen molar-refractivity contribution in [1.29, 1.82) is 0 Å². The second kappa shape index (κ2) is 3.69. The highest BCUT2D eigenvalue weighted by Crippen LogP contribution is 2.35. The van der Waals surface area contributed by atoms with E-state index >= 15 is 0 Å². The molecule has 0 heterocycles. The van der Waals surface area contributed by atoms with E-state index < -0.39 is 0 Å². The van der Waals surface area contributed by atoms with Crippen LogP contribution in [0.4, 0.5) is 0 Å². The molecule has 0 aromatic carbocycles. The zero-order chi connectivity index (χ0) is 9.90. The molecule has 0 aromatic rings. The highest BCUT2D eigenvalue weighted by atomic mass is 16.5. The molecule has 1 N–H and O–H groups in total. The summed E-state index contributed by atoms with van der Waals surface area (Å²) in [6, 6.07) is 0. The minimum atomic E-state index is 0.0410. The molecule has 1 atom stereocenters. The SMILES string of the molecule is C=CCC1(C)C=C(OC)C(O)=CC1. The molecule has 1 aliphatic carbocycles. The van der Waals surface area contributed by atoms with E-state index in [1.165, 1.54) is 0 Å². The van der Waals surface area contributed by atoms with Crippen molar-refractivity contribution in [2.75, 3.05) is 7.11 Å². The third kappa shape index (κ3) is 2.14. The number of aliphatic hydroxyl groups is 1. The van der Waals surface area contributed by atoms with Gasteiger partial charge in [0.1, 0.15) is 0 Å². The van der Waals surface area contributed by atoms with Crippen molar-refractivity contribution < 1.29 is 9.84 Å². The maximum atomic E-state index is 9.41. The summed E-state index contributed by atoms with van der Waals surface area (Å²) in [5, 5.41) is 9.41. The number of methoxy groups -OCH3 is 1. The minimum absolute atomic E-state index is 0.0410. The van der Waals surface area contributed by atoms with E-state index in [2.05, 4.69) is 13.5 Å². The average Bonchev–Trinajstić information content (AvgIpc) is 2.10. The quantitative estimate of drug-likeness (QED) is 0.676. The third-order valence-electron chi connectivity index (χ3n) is 2.32. The Bertz CT molecular complexity index is 263. The second-order valence-electron chi connectivity index (χ2n) is 3.65. The first-order valence-electron chi connectivity index (χ1n) is 4.38. The molecule has 0 amide bonds. The predicted octanol–water partition coefficient (Wildman–Crippen LogP) is 2.94. The number of allylic oxidation sites excluding steroid dienone is 3. The molecule has 2 heteroatoms. The molecule has 0 saturated carbocycles. The van der Waals surface area contributed by atoms with E-state index in [-0.39, 0.29) is 11.2 Å². The summed E-state index contributed by atoms with van der Waals surface area (Å²) in [6.07, 6.45) is 7.37. The number of ether oxygens (including phenoxy) is 1. The van der Waals surface area contributed by atoms with Crippen LogP contribution in [0.2, 0.25) is 0 Å². The lowest BCUT2D eigenvalue weighted by Gasteiger charge is -2.27. The average molecular weight is 180 g/mol. The molecule has 72 valence electrons. The van der Waals surface area contributed by atoms with Gasteiger partial charge >= 0.3 is 0 Å². The van der Waals surface area contributed by atoms with Crippen molar-refractivity contribution in [2.24, 2.45) is 5.41 Å². The summed E-state index contributed by atoms with van der Waals surface area (Å²) in [7, 11) is 1.57. The highest BCUT2D eigenvalue weighted by molar-refractivity contribution is 5.27. The van der Waals surface area contributed by atoms with E-state index in [4.69, 9.17) is 4.74 Å². The molecule has 1 unspecified atom stereocenters. The van der Waals surface area contributed by atoms with Crippen LogP contribution in [-0.4, -0.2) is 12.2 Å². The van der Waals surface area contributed by atoms with Gasteiger partial charge < -0.3 is 9.84 Å². The zero-order valence-corrected chi connectivity index (χ0v) is 8.21. The lowest BCUT2D eigenvalue weighted by Crippen LogP contribution is -2.16. The molecule has 1 rings (SSSR count). The van der Waals surface area contributed by atoms with Gasteiger partial charge in [-0.1, -0.05) is 13.0 Å². The van der Waals surface area contributed by atoms with Crippen LogP contribution < -0.4 is 0 Å². The molecule has 0 radical (unpaired) electrons. The Hall–Kier alpha value is -1.18. The number of aliphatic hydroxyl groups excluding tert-OH is 1. The predicted molar refractivity (Wildman–Crippen MR) is 53.3 cm³/mol. The number of hydrogen-bond donors (Lipinski definition) is 1. The van der Waals surface area contributed by atoms with Gasteiger partial charge in [0.15, 0.2) is 11.5 Å². The van der Waals surface area contributed by atoms with Crippen LogP contribution in [0.15, 0.2) is 36.3 Å². The summed E-state index contributed by atoms with van der Waals surface area (Å²) in [4.78, 5) is 0. The number of rotatable bonds is 3. The summed E-state index contributed by atoms with van der Waals surface area (Å²) in [5.41, 5.74) is 0.0410. The van der Waals surface area contributed by atoms with Gasteiger partial charge in [0.2, 0.25) is 0 Å². The molecule has 2 nitrogen and oxygen atoms in total. The third-order valence-corrected chi connectivity index (χ3v) is 2.32. The fraction of sp³-hybridized carbons (Fsp3) is 0.455. The molecule has 0 spiro atoms. The zero-order valence-electron chi connectivity index (χ0n) is 8.21. The van der Waals surface area contributed by atoms with Crippen molar-refractivity contribution in [1.82, 2.24) is 0 Å². The van der Waals surface area contributed by atoms with Gasteiger partial charge in [-0.25, -0.2) is 0 Å². The molecule has 13 heavy (non-hydrogen) atoms. The first kappa shape index (κ1) is 9.90. The summed E-state index contributed by atoms with van der Waals surface area (Å²) in [6.45, 7) is 5.84. The van der Waals surface area contributed by atoms with Crippen molar-refractivity contribution >= 4 is 0 Å². The Morgan fingerprint density at radius 2 is 2.46 bits per heavy atom. The smallest absolute Gasteiger partial charge is 0.156 e. The fourth-order valence-electron chi connectivity index (χ4n) is 1.52. The van der Waals surface area contributed by atoms with Crippen LogP contribution >= 0.6 is 0 Å². The maximum Gasteiger partial charge on any atom is 0.156 e. The molecule has 0 fully saturated rings. The van der Waals surface area contributed by atoms with Crippen molar-refractivity contribution in [2.45, 2.75) is 19.8 Å². The minimum Gasteiger partial charge on any atom is -0.504 e. The Morgan fingerprint density at radius 3 is 3.00 bits per heavy atom. The van der Waals surface area contributed by atoms with Crippen LogP contribution in [0, 0.1) is 5.41 Å². The molecule has 1 aliphatic rings. The fourth-order valence-corrected chi connectivity index (χ4v) is 1.52. The number of hydrogen-bond acceptors (Lipinski definition) is 2. The van der Waals surface area contributed by atoms with Gasteiger partial charge in [0, 0.05) is 0 Å². The largest absolute Gasteiger partial charge is 0.504 e. The van der Waals surface area contributed by atoms with E-state index in [0.717, 1.165) is 12.8 Å². The second-order valence-corrected chi connectivity index (χ2v) is 3.65. The monoisotopic (exact) mass is 180 g/mol. The van der Waals surface area contributed by atoms with Crippen LogP contribution in [0.1, 0.15) is 19.8 Å². The lowest BCUT2D eigenvalue weighted by atomic mass is 9.80. The lowest BCUT2D eigenvalue weighted by molar-refractivity contribution is 0.235. The molecule has 0 aliphatic heterocycles. The van der Waals surface area contributed by atoms with Crippen molar-refractivity contribution in [3.63, 3.8) is 0 Å². The topological polar surface area (TPSA) is 29.5 Å². The standard InChI is InChI=1S/C11H16O2/c1-4-6-11(2)7-5-9(12)10(8-11)13-3/h4-5,8,12H,1,6-7H2,2-3H3. The molecular formula is C11H16O2. The van der Waals surface area contributed by atoms with Gasteiger partial charge in [-0.2, -0.15) is 0 Å². The Balaban J connectivity index is 2.86. The summed E-state index contributed by atoms with van der Waals surface area (Å²) >= 11 is 0. The molecular weight excluding hydrogens is 164 g/mol. The summed E-state index contributed by atoms with van der Waals surface area (Å²) in [5.74, 6) is 0.805. The first-order chi connectivity index (χ1) is 6.11. The summed E-state index contributed by atoms with van der Waals surface area (Å²) < 4.78 is 5.05. The van der Waals surface area contributed by atoms with E-state index in [1.807, 2.05) is 12.2 Å². The molecule has 0 aromatic heterocycles. The molecule has 0 saturated heterocycles. The first-order valence-corrected chi connectivity index (χ1v) is 4.38. The Morgan fingerprint density at radius 1 is 1.77 bits per heavy atom. The van der Waals surface area contributed by atoms with Crippen LogP contribution in [0.5, 0.6) is 0 Å². The van der Waals surface area contributed by atoms with Gasteiger partial charge in [-0.15, -0.1) is 6.58 Å². The van der Waals surface area contributed by atoms with Crippen molar-refractivity contribution in [3.8, 4) is 0 Å². The Labute approximate surface area is 79.2 Å². The van der Waals surface area contributed by atoms with Gasteiger partial charge in [0.05, 0.1) is 7.11 Å². The van der Waals surface area contributed by atoms with E-state index in [9.17, 15) is 5.11 Å². The van der Waals surface area contributed by atoms with Crippen molar-refractivity contribution in [3.05, 3.63) is 36.3 Å².